The summed E-state index contributed by atoms with van der Waals surface area (Å²) in [5.41, 5.74) is 0. The highest BCUT2D eigenvalue weighted by molar-refractivity contribution is 9.10. The SMILES string of the molecule is CN(C(=O)C1CC1)C1CCCN(c2ncc(Br)cc2Cl)C1. The molecule has 21 heavy (non-hydrogen) atoms. The van der Waals surface area contributed by atoms with Crippen molar-refractivity contribution >= 4 is 39.3 Å². The lowest BCUT2D eigenvalue weighted by molar-refractivity contribution is -0.133. The molecule has 0 spiro atoms. The quantitative estimate of drug-likeness (QED) is 0.816. The summed E-state index contributed by atoms with van der Waals surface area (Å²) in [5.74, 6) is 1.40. The molecule has 2 heterocycles. The molecule has 6 heteroatoms. The summed E-state index contributed by atoms with van der Waals surface area (Å²) in [4.78, 5) is 20.8. The van der Waals surface area contributed by atoms with Gasteiger partial charge in [-0.05, 0) is 47.7 Å². The Morgan fingerprint density at radius 1 is 1.48 bits per heavy atom. The van der Waals surface area contributed by atoms with E-state index < -0.39 is 0 Å². The number of aromatic nitrogens is 1. The van der Waals surface area contributed by atoms with Gasteiger partial charge in [-0.2, -0.15) is 0 Å². The fraction of sp³-hybridized carbons (Fsp3) is 0.600. The van der Waals surface area contributed by atoms with E-state index in [4.69, 9.17) is 11.6 Å². The molecule has 1 aliphatic heterocycles. The molecular formula is C15H19BrClN3O. The molecule has 0 bridgehead atoms. The first kappa shape index (κ1) is 15.1. The first-order valence-electron chi connectivity index (χ1n) is 7.39. The molecule has 1 saturated heterocycles. The lowest BCUT2D eigenvalue weighted by atomic mass is 10.0. The number of carbonyl (C=O) groups excluding carboxylic acids is 1. The highest BCUT2D eigenvalue weighted by Gasteiger charge is 2.36. The molecule has 1 amide bonds. The van der Waals surface area contributed by atoms with Crippen LogP contribution in [0.3, 0.4) is 0 Å². The third-order valence-electron chi connectivity index (χ3n) is 4.31. The van der Waals surface area contributed by atoms with Crippen LogP contribution in [0.25, 0.3) is 0 Å². The molecule has 2 aliphatic rings. The van der Waals surface area contributed by atoms with Crippen molar-refractivity contribution in [3.05, 3.63) is 21.8 Å². The number of hydrogen-bond acceptors (Lipinski definition) is 3. The topological polar surface area (TPSA) is 36.4 Å². The van der Waals surface area contributed by atoms with Crippen molar-refractivity contribution in [1.82, 2.24) is 9.88 Å². The Hall–Kier alpha value is -0.810. The summed E-state index contributed by atoms with van der Waals surface area (Å²) in [6, 6.07) is 2.13. The fourth-order valence-corrected chi connectivity index (χ4v) is 3.65. The van der Waals surface area contributed by atoms with Crippen LogP contribution in [0.1, 0.15) is 25.7 Å². The number of likely N-dealkylation sites (N-methyl/N-ethyl adjacent to an activating group) is 1. The number of pyridine rings is 1. The van der Waals surface area contributed by atoms with Crippen molar-refractivity contribution in [3.8, 4) is 0 Å². The van der Waals surface area contributed by atoms with Gasteiger partial charge in [0.15, 0.2) is 0 Å². The van der Waals surface area contributed by atoms with Crippen LogP contribution in [0, 0.1) is 5.92 Å². The largest absolute Gasteiger partial charge is 0.353 e. The third-order valence-corrected chi connectivity index (χ3v) is 5.02. The van der Waals surface area contributed by atoms with Crippen LogP contribution in [0.4, 0.5) is 5.82 Å². The van der Waals surface area contributed by atoms with E-state index in [9.17, 15) is 4.79 Å². The summed E-state index contributed by atoms with van der Waals surface area (Å²) in [6.07, 6.45) is 5.99. The van der Waals surface area contributed by atoms with Crippen molar-refractivity contribution < 1.29 is 4.79 Å². The van der Waals surface area contributed by atoms with E-state index in [1.807, 2.05) is 18.0 Å². The maximum atomic E-state index is 12.2. The van der Waals surface area contributed by atoms with Crippen LogP contribution in [0.15, 0.2) is 16.7 Å². The number of piperidine rings is 1. The molecule has 2 fully saturated rings. The Bertz CT molecular complexity index is 550. The van der Waals surface area contributed by atoms with E-state index in [1.54, 1.807) is 6.20 Å². The summed E-state index contributed by atoms with van der Waals surface area (Å²) < 4.78 is 0.880. The Morgan fingerprint density at radius 2 is 2.24 bits per heavy atom. The molecule has 1 unspecified atom stereocenters. The second-order valence-corrected chi connectivity index (χ2v) is 7.25. The van der Waals surface area contributed by atoms with E-state index >= 15 is 0 Å². The minimum Gasteiger partial charge on any atom is -0.353 e. The molecule has 0 N–H and O–H groups in total. The molecular weight excluding hydrogens is 354 g/mol. The van der Waals surface area contributed by atoms with Crippen LogP contribution >= 0.6 is 27.5 Å². The summed E-state index contributed by atoms with van der Waals surface area (Å²) in [6.45, 7) is 1.75. The van der Waals surface area contributed by atoms with Crippen molar-refractivity contribution in [2.24, 2.45) is 5.92 Å². The van der Waals surface area contributed by atoms with Gasteiger partial charge < -0.3 is 9.80 Å². The first-order valence-corrected chi connectivity index (χ1v) is 8.56. The van der Waals surface area contributed by atoms with Crippen molar-refractivity contribution in [3.63, 3.8) is 0 Å². The molecule has 0 radical (unpaired) electrons. The minimum atomic E-state index is 0.258. The van der Waals surface area contributed by atoms with Gasteiger partial charge in [0.25, 0.3) is 0 Å². The predicted octanol–water partition coefficient (Wildman–Crippen LogP) is 3.33. The zero-order valence-corrected chi connectivity index (χ0v) is 14.4. The maximum Gasteiger partial charge on any atom is 0.225 e. The van der Waals surface area contributed by atoms with Gasteiger partial charge in [0.05, 0.1) is 5.02 Å². The smallest absolute Gasteiger partial charge is 0.225 e. The second kappa shape index (κ2) is 6.13. The van der Waals surface area contributed by atoms with Gasteiger partial charge in [-0.25, -0.2) is 4.98 Å². The van der Waals surface area contributed by atoms with E-state index in [0.717, 1.165) is 49.1 Å². The highest BCUT2D eigenvalue weighted by Crippen LogP contribution is 2.33. The fourth-order valence-electron chi connectivity index (χ4n) is 2.90. The maximum absolute atomic E-state index is 12.2. The number of carbonyl (C=O) groups is 1. The molecule has 1 saturated carbocycles. The number of halogens is 2. The zero-order valence-electron chi connectivity index (χ0n) is 12.1. The van der Waals surface area contributed by atoms with E-state index in [-0.39, 0.29) is 12.0 Å². The number of hydrogen-bond donors (Lipinski definition) is 0. The lowest BCUT2D eigenvalue weighted by Crippen LogP contribution is -2.49. The van der Waals surface area contributed by atoms with Gasteiger partial charge >= 0.3 is 0 Å². The Balaban J connectivity index is 1.71. The molecule has 1 aliphatic carbocycles. The van der Waals surface area contributed by atoms with Crippen molar-refractivity contribution in [1.29, 1.82) is 0 Å². The monoisotopic (exact) mass is 371 g/mol. The van der Waals surface area contributed by atoms with Crippen LogP contribution in [-0.4, -0.2) is 42.0 Å². The summed E-state index contributed by atoms with van der Waals surface area (Å²) in [5, 5.41) is 0.654. The first-order chi connectivity index (χ1) is 10.1. The standard InChI is InChI=1S/C15H19BrClN3O/c1-19(15(21)10-4-5-10)12-3-2-6-20(9-12)14-13(17)7-11(16)8-18-14/h7-8,10,12H,2-6,9H2,1H3. The minimum absolute atomic E-state index is 0.258. The molecule has 1 aromatic rings. The second-order valence-electron chi connectivity index (χ2n) is 5.92. The van der Waals surface area contributed by atoms with Gasteiger partial charge in [0, 0.05) is 42.8 Å². The molecule has 114 valence electrons. The van der Waals surface area contributed by atoms with Gasteiger partial charge in [-0.1, -0.05) is 11.6 Å². The van der Waals surface area contributed by atoms with Gasteiger partial charge in [-0.3, -0.25) is 4.79 Å². The van der Waals surface area contributed by atoms with E-state index in [2.05, 4.69) is 25.8 Å². The summed E-state index contributed by atoms with van der Waals surface area (Å²) >= 11 is 9.68. The van der Waals surface area contributed by atoms with Crippen LogP contribution < -0.4 is 4.90 Å². The van der Waals surface area contributed by atoms with Crippen LogP contribution in [-0.2, 0) is 4.79 Å². The Kier molecular flexibility index (Phi) is 4.41. The number of anilines is 1. The molecule has 1 aromatic heterocycles. The van der Waals surface area contributed by atoms with Crippen LogP contribution in [0.5, 0.6) is 0 Å². The third kappa shape index (κ3) is 3.34. The molecule has 3 rings (SSSR count). The van der Waals surface area contributed by atoms with Crippen molar-refractivity contribution in [2.75, 3.05) is 25.0 Å². The number of nitrogens with zero attached hydrogens (tertiary/aromatic N) is 3. The Morgan fingerprint density at radius 3 is 2.90 bits per heavy atom. The number of amides is 1. The zero-order chi connectivity index (χ0) is 15.0. The summed E-state index contributed by atoms with van der Waals surface area (Å²) in [7, 11) is 1.94. The molecule has 1 atom stereocenters. The Labute approximate surface area is 138 Å². The van der Waals surface area contributed by atoms with E-state index in [1.165, 1.54) is 0 Å². The number of rotatable bonds is 3. The highest BCUT2D eigenvalue weighted by atomic mass is 79.9. The van der Waals surface area contributed by atoms with Crippen LogP contribution in [0.2, 0.25) is 5.02 Å². The van der Waals surface area contributed by atoms with Gasteiger partial charge in [-0.15, -0.1) is 0 Å². The predicted molar refractivity (Wildman–Crippen MR) is 87.7 cm³/mol. The van der Waals surface area contributed by atoms with Gasteiger partial charge in [0.1, 0.15) is 5.82 Å². The lowest BCUT2D eigenvalue weighted by Gasteiger charge is -2.38. The average Bonchev–Trinajstić information content (AvgIpc) is 3.30. The molecule has 0 aromatic carbocycles. The van der Waals surface area contributed by atoms with Crippen molar-refractivity contribution in [2.45, 2.75) is 31.7 Å². The molecule has 4 nitrogen and oxygen atoms in total. The van der Waals surface area contributed by atoms with Gasteiger partial charge in [0.2, 0.25) is 5.91 Å². The average molecular weight is 373 g/mol. The van der Waals surface area contributed by atoms with E-state index in [0.29, 0.717) is 10.9 Å². The normalized spacial score (nSPS) is 22.2.